The Morgan fingerprint density at radius 1 is 0.486 bits per heavy atom. The first-order valence-electron chi connectivity index (χ1n) is 37.8. The summed E-state index contributed by atoms with van der Waals surface area (Å²) in [7, 11) is 3.60. The first-order chi connectivity index (χ1) is 51.2. The highest BCUT2D eigenvalue weighted by atomic mass is 16.8. The molecule has 107 heavy (non-hydrogen) atoms. The Kier molecular flexibility index (Phi) is 34.2. The van der Waals surface area contributed by atoms with Crippen LogP contribution in [0, 0.1) is 23.7 Å². The molecule has 0 radical (unpaired) electrons. The van der Waals surface area contributed by atoms with Gasteiger partial charge in [-0.3, -0.25) is 14.4 Å². The van der Waals surface area contributed by atoms with Crippen LogP contribution in [0.3, 0.4) is 0 Å². The van der Waals surface area contributed by atoms with Crippen LogP contribution in [-0.2, 0) is 76.0 Å². The van der Waals surface area contributed by atoms with E-state index in [1.807, 2.05) is 27.8 Å². The van der Waals surface area contributed by atoms with Gasteiger partial charge in [0.25, 0.3) is 5.91 Å². The monoisotopic (exact) mass is 1520 g/mol. The number of likely N-dealkylation sites (tertiary alicyclic amines) is 1. The van der Waals surface area contributed by atoms with E-state index in [1.54, 1.807) is 67.4 Å². The van der Waals surface area contributed by atoms with E-state index in [9.17, 15) is 84.9 Å². The van der Waals surface area contributed by atoms with Crippen molar-refractivity contribution in [3.8, 4) is 0 Å². The van der Waals surface area contributed by atoms with Crippen molar-refractivity contribution in [3.63, 3.8) is 0 Å². The van der Waals surface area contributed by atoms with Crippen LogP contribution in [0.2, 0.25) is 0 Å². The van der Waals surface area contributed by atoms with Crippen molar-refractivity contribution in [1.82, 2.24) is 15.5 Å². The maximum Gasteiger partial charge on any atom is 0.338 e. The highest BCUT2D eigenvalue weighted by Gasteiger charge is 2.57. The van der Waals surface area contributed by atoms with Gasteiger partial charge >= 0.3 is 17.9 Å². The highest BCUT2D eigenvalue weighted by molar-refractivity contribution is 5.90. The van der Waals surface area contributed by atoms with Gasteiger partial charge in [0.1, 0.15) is 90.9 Å². The van der Waals surface area contributed by atoms with Gasteiger partial charge in [0.05, 0.1) is 61.0 Å². The molecule has 12 unspecified atom stereocenters. The third-order valence-electron chi connectivity index (χ3n) is 21.2. The number of aliphatic carboxylic acids is 1. The Bertz CT molecular complexity index is 3070. The summed E-state index contributed by atoms with van der Waals surface area (Å²) < 4.78 is 73.9. The number of aliphatic hydroxyl groups is 10. The van der Waals surface area contributed by atoms with E-state index < -0.39 is 208 Å². The molecule has 2 saturated carbocycles. The fraction of sp³-hybridized carbons (Fsp3) is 0.760. The molecule has 5 aliphatic heterocycles. The van der Waals surface area contributed by atoms with Crippen molar-refractivity contribution in [2.45, 2.75) is 284 Å². The largest absolute Gasteiger partial charge is 0.479 e. The SMILES string of the molecule is CCC[C@H](OC1C(OC(=O)c2ccccc2)[C@H](O[C@@H]2CC(C(=O)CCCNC)CC(C)[C@H]2O[C@@H]2OC(C)[C@@H](O)[C@H](O)C2O)O[C@@H](CO)[C@@H]1O)C(=O)N1CCC1.CCC[C@H](OC1C(OC(=O)c2ccccc2)[C@H](O[C@@H]2CC(C(=O)CCCNC)CC(C)[C@H]2O[C@@H]2OC(C)[C@@H](O)[C@H](O)C2O)O[C@@H](CO)[C@@H]1O)C(=O)O. The number of benzene rings is 2. The summed E-state index contributed by atoms with van der Waals surface area (Å²) in [4.78, 5) is 81.5. The number of carbonyl (C=O) groups is 6. The molecular formula is C75H115N3O29. The minimum absolute atomic E-state index is 0.0133. The molecule has 7 fully saturated rings. The normalized spacial score (nSPS) is 37.2. The zero-order valence-electron chi connectivity index (χ0n) is 62.2. The van der Waals surface area contributed by atoms with Crippen LogP contribution in [0.5, 0.6) is 0 Å². The molecule has 13 N–H and O–H groups in total. The van der Waals surface area contributed by atoms with Gasteiger partial charge in [-0.05, 0) is 135 Å². The molecule has 2 aliphatic carbocycles. The smallest absolute Gasteiger partial charge is 0.338 e. The number of carboxylic acid groups (broad SMARTS) is 1. The Hall–Kier alpha value is -5.22. The van der Waals surface area contributed by atoms with Gasteiger partial charge < -0.3 is 129 Å². The van der Waals surface area contributed by atoms with Crippen molar-refractivity contribution in [2.24, 2.45) is 23.7 Å². The number of ketones is 2. The molecule has 0 aromatic heterocycles. The molecule has 5 heterocycles. The fourth-order valence-electron chi connectivity index (χ4n) is 14.9. The Morgan fingerprint density at radius 3 is 1.23 bits per heavy atom. The van der Waals surface area contributed by atoms with E-state index in [1.165, 1.54) is 26.0 Å². The Labute approximate surface area is 623 Å². The van der Waals surface area contributed by atoms with Gasteiger partial charge in [-0.1, -0.05) is 76.9 Å². The van der Waals surface area contributed by atoms with Crippen LogP contribution < -0.4 is 10.6 Å². The number of nitrogens with one attached hydrogen (secondary N) is 2. The average Bonchev–Trinajstić information content (AvgIpc) is 0.777. The lowest BCUT2D eigenvalue weighted by Gasteiger charge is -2.48. The number of hydrogen-bond acceptors (Lipinski definition) is 30. The predicted octanol–water partition coefficient (Wildman–Crippen LogP) is 0.430. The summed E-state index contributed by atoms with van der Waals surface area (Å²) in [6.45, 7) is 11.4. The third-order valence-corrected chi connectivity index (χ3v) is 21.2. The van der Waals surface area contributed by atoms with Gasteiger partial charge in [0, 0.05) is 37.8 Å². The van der Waals surface area contributed by atoms with Crippen LogP contribution in [0.4, 0.5) is 0 Å². The molecule has 0 bridgehead atoms. The van der Waals surface area contributed by atoms with E-state index in [-0.39, 0.29) is 53.8 Å². The standard InChI is InChI=1S/C39H60N2O14.C36H55NO15/c1-5-11-26(36(48)41-16-10-17-41)51-34-30(45)28(20-42)53-39(35(34)54-37(49)23-12-7-6-8-13-23)52-27-19-24(25(43)14-9-15-40-4)18-21(2)33(27)55-38-32(47)31(46)29(44)22(3)50-38;1-5-10-23(33(44)45)48-31-27(41)25(17-38)50-36(32(31)51-34(46)20-11-7-6-8-12-20)49-24-16-21(22(39)13-9-14-37-4)15-18(2)30(24)52-35-29(43)28(42)26(40)19(3)47-35/h6-8,12-13,21-22,24,26-35,38-40,42,44-47H,5,9-11,14-20H2,1-4H3;6-8,11-12,18-19,21,23-32,35-38,40-43H,5,9-10,13-17H2,1-4H3,(H,44,45)/t21?,22?,24?,26-,27+,28-,29+,30-,31-,32?,33+,34?,35?,38-,39+;18?,19?,21?,23-,24+,25-,26+,27-,28-,29?,30+,31?,32?,35-,36+/m00/s1. The predicted molar refractivity (Wildman–Crippen MR) is 375 cm³/mol. The lowest BCUT2D eigenvalue weighted by atomic mass is 9.75. The van der Waals surface area contributed by atoms with Gasteiger partial charge in [-0.2, -0.15) is 0 Å². The first-order valence-corrected chi connectivity index (χ1v) is 37.8. The van der Waals surface area contributed by atoms with E-state index in [0.29, 0.717) is 84.0 Å². The maximum absolute atomic E-state index is 13.7. The number of nitrogens with zero attached hydrogens (tertiary/aromatic N) is 1. The molecule has 2 aromatic rings. The minimum Gasteiger partial charge on any atom is -0.479 e. The number of hydrogen-bond donors (Lipinski definition) is 13. The Morgan fingerprint density at radius 2 is 0.879 bits per heavy atom. The summed E-state index contributed by atoms with van der Waals surface area (Å²) in [5, 5.41) is 123. The topological polar surface area (TPSA) is 463 Å². The van der Waals surface area contributed by atoms with E-state index in [2.05, 4.69) is 10.6 Å². The zero-order chi connectivity index (χ0) is 77.9. The molecule has 1 amide bonds. The van der Waals surface area contributed by atoms with E-state index in [0.717, 1.165) is 6.42 Å². The highest BCUT2D eigenvalue weighted by Crippen LogP contribution is 2.42. The van der Waals surface area contributed by atoms with Gasteiger partial charge in [-0.25, -0.2) is 14.4 Å². The molecule has 32 heteroatoms. The molecule has 9 rings (SSSR count). The molecule has 0 spiro atoms. The number of carboxylic acids is 1. The van der Waals surface area contributed by atoms with Gasteiger partial charge in [0.15, 0.2) is 43.5 Å². The van der Waals surface area contributed by atoms with Crippen molar-refractivity contribution in [2.75, 3.05) is 53.5 Å². The van der Waals surface area contributed by atoms with Crippen molar-refractivity contribution in [1.29, 1.82) is 0 Å². The second kappa shape index (κ2) is 41.9. The van der Waals surface area contributed by atoms with Crippen molar-refractivity contribution in [3.05, 3.63) is 71.8 Å². The number of ether oxygens (including phenoxy) is 12. The maximum atomic E-state index is 13.7. The van der Waals surface area contributed by atoms with Crippen LogP contribution >= 0.6 is 0 Å². The molecule has 5 saturated heterocycles. The Balaban J connectivity index is 0.000000270. The van der Waals surface area contributed by atoms with E-state index >= 15 is 0 Å². The zero-order valence-corrected chi connectivity index (χ0v) is 62.2. The summed E-state index contributed by atoms with van der Waals surface area (Å²) in [5.74, 6) is -4.96. The van der Waals surface area contributed by atoms with Crippen LogP contribution in [0.15, 0.2) is 60.7 Å². The van der Waals surface area contributed by atoms with E-state index in [4.69, 9.17) is 56.8 Å². The molecule has 2 aromatic carbocycles. The van der Waals surface area contributed by atoms with Gasteiger partial charge in [-0.15, -0.1) is 0 Å². The fourth-order valence-corrected chi connectivity index (χ4v) is 14.9. The molecule has 7 aliphatic rings. The lowest BCUT2D eigenvalue weighted by molar-refractivity contribution is -0.349. The summed E-state index contributed by atoms with van der Waals surface area (Å²) in [6, 6.07) is 16.1. The second-order valence-corrected chi connectivity index (χ2v) is 29.2. The average molecular weight is 1520 g/mol. The minimum atomic E-state index is -1.66. The summed E-state index contributed by atoms with van der Waals surface area (Å²) in [5.41, 5.74) is 0.332. The molecule has 604 valence electrons. The summed E-state index contributed by atoms with van der Waals surface area (Å²) >= 11 is 0. The number of Topliss-reactive ketones (excluding diaryl/α,β-unsaturated/α-hetero) is 2. The van der Waals surface area contributed by atoms with Crippen LogP contribution in [0.25, 0.3) is 0 Å². The number of rotatable bonds is 34. The van der Waals surface area contributed by atoms with Crippen LogP contribution in [-0.4, -0.2) is 309 Å². The first kappa shape index (κ1) is 87.4. The van der Waals surface area contributed by atoms with Crippen molar-refractivity contribution >= 4 is 35.4 Å². The molecule has 32 nitrogen and oxygen atoms in total. The number of amides is 1. The van der Waals surface area contributed by atoms with Gasteiger partial charge in [0.2, 0.25) is 0 Å². The number of aliphatic hydroxyl groups excluding tert-OH is 10. The quantitative estimate of drug-likeness (QED) is 0.0334. The number of esters is 2. The number of carbonyl (C=O) groups excluding carboxylic acids is 5. The van der Waals surface area contributed by atoms with Crippen molar-refractivity contribution < 1.29 is 142 Å². The lowest BCUT2D eigenvalue weighted by Crippen LogP contribution is -2.64. The summed E-state index contributed by atoms with van der Waals surface area (Å²) in [6.07, 6.45) is -29.8. The molecular weight excluding hydrogens is 1410 g/mol. The second-order valence-electron chi connectivity index (χ2n) is 29.2. The molecule has 30 atom stereocenters. The third kappa shape index (κ3) is 22.6. The van der Waals surface area contributed by atoms with Crippen LogP contribution in [0.1, 0.15) is 146 Å².